The summed E-state index contributed by atoms with van der Waals surface area (Å²) in [5.74, 6) is -2.13. The molecule has 0 bridgehead atoms. The Balaban J connectivity index is 1.99. The van der Waals surface area contributed by atoms with Crippen LogP contribution in [0.3, 0.4) is 0 Å². The summed E-state index contributed by atoms with van der Waals surface area (Å²) in [6.07, 6.45) is 5.29. The summed E-state index contributed by atoms with van der Waals surface area (Å²) in [5, 5.41) is 2.90. The molecule has 1 unspecified atom stereocenters. The summed E-state index contributed by atoms with van der Waals surface area (Å²) in [7, 11) is 1.54. The minimum Gasteiger partial charge on any atom is -0.497 e. The summed E-state index contributed by atoms with van der Waals surface area (Å²) in [5.41, 5.74) is -0.248. The number of fused-ring (bicyclic) bond motifs is 4. The molecule has 0 aliphatic carbocycles. The first kappa shape index (κ1) is 21.4. The predicted octanol–water partition coefficient (Wildman–Crippen LogP) is 2.49. The minimum atomic E-state index is -1.40. The number of esters is 2. The van der Waals surface area contributed by atoms with E-state index >= 15 is 0 Å². The zero-order valence-corrected chi connectivity index (χ0v) is 19.0. The van der Waals surface area contributed by atoms with Crippen LogP contribution >= 0.6 is 15.9 Å². The lowest BCUT2D eigenvalue weighted by Gasteiger charge is -2.36. The van der Waals surface area contributed by atoms with Gasteiger partial charge in [0.1, 0.15) is 23.1 Å². The van der Waals surface area contributed by atoms with Gasteiger partial charge >= 0.3 is 11.9 Å². The number of amides is 1. The van der Waals surface area contributed by atoms with Gasteiger partial charge in [0.05, 0.1) is 26.4 Å². The Hall–Kier alpha value is -2.81. The van der Waals surface area contributed by atoms with Gasteiger partial charge in [0, 0.05) is 22.4 Å². The number of benzene rings is 1. The van der Waals surface area contributed by atoms with E-state index in [4.69, 9.17) is 14.2 Å². The molecule has 8 nitrogen and oxygen atoms in total. The van der Waals surface area contributed by atoms with Crippen LogP contribution in [0.4, 0.5) is 5.69 Å². The zero-order chi connectivity index (χ0) is 22.3. The van der Waals surface area contributed by atoms with E-state index in [0.29, 0.717) is 21.5 Å². The van der Waals surface area contributed by atoms with Crippen molar-refractivity contribution >= 4 is 39.5 Å². The Morgan fingerprint density at radius 1 is 1.19 bits per heavy atom. The van der Waals surface area contributed by atoms with Gasteiger partial charge in [0.15, 0.2) is 0 Å². The molecule has 164 valence electrons. The van der Waals surface area contributed by atoms with Crippen molar-refractivity contribution in [1.82, 2.24) is 4.90 Å². The number of carbonyl (C=O) groups excluding carboxylic acids is 3. The van der Waals surface area contributed by atoms with E-state index in [0.717, 1.165) is 0 Å². The number of nitrogens with zero attached hydrogens (tertiary/aromatic N) is 1. The molecule has 3 aliphatic rings. The van der Waals surface area contributed by atoms with Crippen molar-refractivity contribution in [3.05, 3.63) is 46.6 Å². The first-order valence-corrected chi connectivity index (χ1v) is 10.9. The normalized spacial score (nSPS) is 28.0. The van der Waals surface area contributed by atoms with Gasteiger partial charge in [-0.25, -0.2) is 4.79 Å². The lowest BCUT2D eigenvalue weighted by atomic mass is 9.67. The molecule has 4 atom stereocenters. The fourth-order valence-electron chi connectivity index (χ4n) is 4.93. The van der Waals surface area contributed by atoms with E-state index in [1.54, 1.807) is 49.2 Å². The van der Waals surface area contributed by atoms with Gasteiger partial charge < -0.3 is 24.4 Å². The number of nitrogens with one attached hydrogen (secondary N) is 1. The first-order chi connectivity index (χ1) is 14.9. The quantitative estimate of drug-likeness (QED) is 0.633. The average molecular weight is 491 g/mol. The Morgan fingerprint density at radius 2 is 1.90 bits per heavy atom. The maximum Gasteiger partial charge on any atom is 0.329 e. The number of rotatable bonds is 5. The van der Waals surface area contributed by atoms with Crippen LogP contribution in [0.1, 0.15) is 19.4 Å². The summed E-state index contributed by atoms with van der Waals surface area (Å²) in [4.78, 5) is 41.8. The highest BCUT2D eigenvalue weighted by molar-refractivity contribution is 9.11. The molecule has 1 aromatic carbocycles. The zero-order valence-electron chi connectivity index (χ0n) is 17.4. The fourth-order valence-corrected chi connectivity index (χ4v) is 5.68. The molecule has 3 heterocycles. The molecule has 0 radical (unpaired) electrons. The van der Waals surface area contributed by atoms with Crippen LogP contribution in [0, 0.1) is 5.92 Å². The monoisotopic (exact) mass is 490 g/mol. The largest absolute Gasteiger partial charge is 0.497 e. The molecule has 1 aromatic rings. The number of hydrogen-bond acceptors (Lipinski definition) is 7. The molecule has 3 aliphatic heterocycles. The molecular weight excluding hydrogens is 468 g/mol. The Labute approximate surface area is 188 Å². The second-order valence-corrected chi connectivity index (χ2v) is 8.32. The smallest absolute Gasteiger partial charge is 0.329 e. The standard InChI is InChI=1S/C22H23BrN2O6/c1-4-30-19(26)16-17(20(27)31-5-2)25-10-6-7-14(23)18(25)22(16)13-9-8-12(29-3)11-15(13)24-21(22)28/h6-11,16-18H,4-5H2,1-3H3,(H,24,28)/t16-,17-,18?,22+/m1/s1. The number of halogens is 1. The molecule has 1 saturated heterocycles. The van der Waals surface area contributed by atoms with Crippen molar-refractivity contribution in [3.8, 4) is 5.75 Å². The third kappa shape index (κ3) is 2.97. The highest BCUT2D eigenvalue weighted by atomic mass is 79.9. The molecule has 0 saturated carbocycles. The second-order valence-electron chi connectivity index (χ2n) is 7.40. The van der Waals surface area contributed by atoms with Gasteiger partial charge in [0.25, 0.3) is 0 Å². The molecule has 0 aromatic heterocycles. The molecular formula is C22H23BrN2O6. The lowest BCUT2D eigenvalue weighted by molar-refractivity contribution is -0.160. The second kappa shape index (κ2) is 8.03. The topological polar surface area (TPSA) is 94.2 Å². The van der Waals surface area contributed by atoms with Crippen molar-refractivity contribution in [2.75, 3.05) is 25.6 Å². The number of methoxy groups -OCH3 is 1. The van der Waals surface area contributed by atoms with Crippen LogP contribution in [-0.4, -0.2) is 55.2 Å². The van der Waals surface area contributed by atoms with Crippen LogP contribution in [0.25, 0.3) is 0 Å². The summed E-state index contributed by atoms with van der Waals surface area (Å²) < 4.78 is 16.7. The highest BCUT2D eigenvalue weighted by Crippen LogP contribution is 2.58. The average Bonchev–Trinajstić information content (AvgIpc) is 3.22. The molecule has 1 spiro atoms. The molecule has 9 heteroatoms. The van der Waals surface area contributed by atoms with E-state index in [-0.39, 0.29) is 19.1 Å². The first-order valence-electron chi connectivity index (χ1n) is 10.1. The molecule has 4 rings (SSSR count). The van der Waals surface area contributed by atoms with Gasteiger partial charge in [-0.15, -0.1) is 0 Å². The van der Waals surface area contributed by atoms with Gasteiger partial charge in [-0.1, -0.05) is 22.0 Å². The number of ether oxygens (including phenoxy) is 3. The minimum absolute atomic E-state index is 0.121. The van der Waals surface area contributed by atoms with Crippen molar-refractivity contribution in [3.63, 3.8) is 0 Å². The summed E-state index contributed by atoms with van der Waals surface area (Å²) >= 11 is 3.58. The van der Waals surface area contributed by atoms with Crippen LogP contribution in [0.15, 0.2) is 41.0 Å². The van der Waals surface area contributed by atoms with E-state index < -0.39 is 35.4 Å². The van der Waals surface area contributed by atoms with Crippen molar-refractivity contribution in [1.29, 1.82) is 0 Å². The predicted molar refractivity (Wildman–Crippen MR) is 116 cm³/mol. The Bertz CT molecular complexity index is 1010. The van der Waals surface area contributed by atoms with Crippen LogP contribution < -0.4 is 10.1 Å². The van der Waals surface area contributed by atoms with Gasteiger partial charge in [0.2, 0.25) is 5.91 Å². The third-order valence-corrected chi connectivity index (χ3v) is 6.69. The number of allylic oxidation sites excluding steroid dienone is 2. The van der Waals surface area contributed by atoms with E-state index in [1.807, 2.05) is 6.08 Å². The van der Waals surface area contributed by atoms with Crippen LogP contribution in [0.2, 0.25) is 0 Å². The van der Waals surface area contributed by atoms with E-state index in [9.17, 15) is 14.4 Å². The van der Waals surface area contributed by atoms with Gasteiger partial charge in [-0.2, -0.15) is 0 Å². The van der Waals surface area contributed by atoms with Crippen molar-refractivity contribution in [2.45, 2.75) is 31.3 Å². The fraction of sp³-hybridized carbons (Fsp3) is 0.409. The van der Waals surface area contributed by atoms with E-state index in [2.05, 4.69) is 21.2 Å². The molecule has 31 heavy (non-hydrogen) atoms. The highest BCUT2D eigenvalue weighted by Gasteiger charge is 2.72. The number of carbonyl (C=O) groups is 3. The van der Waals surface area contributed by atoms with E-state index in [1.165, 1.54) is 7.11 Å². The number of anilines is 1. The maximum absolute atomic E-state index is 13.7. The molecule has 1 amide bonds. The summed E-state index contributed by atoms with van der Waals surface area (Å²) in [6.45, 7) is 3.66. The Kier molecular flexibility index (Phi) is 5.55. The number of hydrogen-bond donors (Lipinski definition) is 1. The van der Waals surface area contributed by atoms with Gasteiger partial charge in [-0.05, 0) is 37.6 Å². The molecule has 1 N–H and O–H groups in total. The third-order valence-electron chi connectivity index (χ3n) is 6.00. The van der Waals surface area contributed by atoms with Crippen LogP contribution in [-0.2, 0) is 29.3 Å². The Morgan fingerprint density at radius 3 is 2.58 bits per heavy atom. The van der Waals surface area contributed by atoms with Gasteiger partial charge in [-0.3, -0.25) is 9.59 Å². The summed E-state index contributed by atoms with van der Waals surface area (Å²) in [6, 6.07) is 3.56. The molecule has 1 fully saturated rings. The van der Waals surface area contributed by atoms with Crippen molar-refractivity contribution in [2.24, 2.45) is 5.92 Å². The van der Waals surface area contributed by atoms with Crippen molar-refractivity contribution < 1.29 is 28.6 Å². The van der Waals surface area contributed by atoms with Crippen LogP contribution in [0.5, 0.6) is 5.75 Å². The lowest BCUT2D eigenvalue weighted by Crippen LogP contribution is -2.52. The maximum atomic E-state index is 13.7. The SMILES string of the molecule is CCOC(=O)[C@H]1[C@H](C(=O)OCC)[C@]2(C(=O)Nc3cc(OC)ccc32)C2C(Br)=CC=CN21.